The smallest absolute Gasteiger partial charge is 0.157 e. The Balaban J connectivity index is 1.59. The highest BCUT2D eigenvalue weighted by Crippen LogP contribution is 2.31. The Morgan fingerprint density at radius 1 is 1.13 bits per heavy atom. The highest BCUT2D eigenvalue weighted by atomic mass is 35.5. The maximum atomic E-state index is 6.42. The Labute approximate surface area is 180 Å². The first kappa shape index (κ1) is 19.1. The minimum Gasteiger partial charge on any atom is -0.353 e. The van der Waals surface area contributed by atoms with Crippen LogP contribution in [0.2, 0.25) is 5.02 Å². The van der Waals surface area contributed by atoms with Crippen LogP contribution in [-0.4, -0.2) is 44.5 Å². The zero-order valence-corrected chi connectivity index (χ0v) is 18.0. The van der Waals surface area contributed by atoms with Crippen molar-refractivity contribution < 1.29 is 0 Å². The van der Waals surface area contributed by atoms with Crippen molar-refractivity contribution in [2.75, 3.05) is 23.3 Å². The molecular formula is C22H24ClN7. The third-order valence-corrected chi connectivity index (χ3v) is 5.88. The Morgan fingerprint density at radius 3 is 2.70 bits per heavy atom. The number of aromatic nitrogens is 4. The van der Waals surface area contributed by atoms with E-state index in [-0.39, 0.29) is 0 Å². The molecule has 7 nitrogen and oxygen atoms in total. The molecule has 0 bridgehead atoms. The van der Waals surface area contributed by atoms with E-state index in [1.54, 1.807) is 0 Å². The third kappa shape index (κ3) is 3.34. The number of nitrogens with one attached hydrogen (secondary N) is 2. The lowest BCUT2D eigenvalue weighted by Gasteiger charge is -2.36. The van der Waals surface area contributed by atoms with E-state index >= 15 is 0 Å². The number of benzene rings is 1. The number of fused-ring (bicyclic) bond motifs is 3. The minimum atomic E-state index is 0.420. The van der Waals surface area contributed by atoms with Gasteiger partial charge in [-0.15, -0.1) is 0 Å². The van der Waals surface area contributed by atoms with Crippen LogP contribution >= 0.6 is 11.6 Å². The summed E-state index contributed by atoms with van der Waals surface area (Å²) in [6.07, 6.45) is 5.47. The highest BCUT2D eigenvalue weighted by Gasteiger charge is 2.22. The number of piperazine rings is 1. The molecule has 2 atom stereocenters. The van der Waals surface area contributed by atoms with E-state index in [0.717, 1.165) is 46.7 Å². The van der Waals surface area contributed by atoms with E-state index in [1.807, 2.05) is 43.8 Å². The molecule has 154 valence electrons. The van der Waals surface area contributed by atoms with E-state index in [4.69, 9.17) is 21.6 Å². The molecule has 0 unspecified atom stereocenters. The number of para-hydroxylation sites is 1. The molecule has 4 aromatic rings. The normalized spacial score (nSPS) is 19.5. The van der Waals surface area contributed by atoms with Crippen LogP contribution in [0.3, 0.4) is 0 Å². The average Bonchev–Trinajstić information content (AvgIpc) is 3.20. The SMILES string of the molecule is Cc1cccc(Cl)c1Nc1nc2cnc(N3C[C@@H](C)N[C@@H](C)C3)cc2n2cncc12. The standard InChI is InChI=1S/C22H24ClN7/c1-13-5-4-6-16(23)21(13)28-22-19-9-24-12-30(19)18-7-20(25-8-17(18)27-22)29-10-14(2)26-15(3)11-29/h4-9,12,14-15,26H,10-11H2,1-3H3,(H,27,28)/t14-,15+. The number of hydrogen-bond acceptors (Lipinski definition) is 6. The second kappa shape index (κ2) is 7.41. The summed E-state index contributed by atoms with van der Waals surface area (Å²) >= 11 is 6.42. The van der Waals surface area contributed by atoms with Crippen LogP contribution in [0.15, 0.2) is 43.0 Å². The van der Waals surface area contributed by atoms with Gasteiger partial charge in [0.15, 0.2) is 5.82 Å². The van der Waals surface area contributed by atoms with Crippen molar-refractivity contribution in [3.05, 3.63) is 53.6 Å². The molecule has 0 radical (unpaired) electrons. The summed E-state index contributed by atoms with van der Waals surface area (Å²) in [5.41, 5.74) is 4.57. The van der Waals surface area contributed by atoms with Gasteiger partial charge in [-0.1, -0.05) is 23.7 Å². The van der Waals surface area contributed by atoms with Gasteiger partial charge in [0, 0.05) is 31.2 Å². The number of anilines is 3. The van der Waals surface area contributed by atoms with E-state index in [0.29, 0.717) is 22.9 Å². The molecule has 3 aromatic heterocycles. The van der Waals surface area contributed by atoms with Crippen molar-refractivity contribution in [1.82, 2.24) is 24.7 Å². The number of rotatable bonds is 3. The summed E-state index contributed by atoms with van der Waals surface area (Å²) in [5, 5.41) is 7.62. The quantitative estimate of drug-likeness (QED) is 0.517. The monoisotopic (exact) mass is 421 g/mol. The Bertz CT molecular complexity index is 1200. The molecule has 4 heterocycles. The molecule has 0 amide bonds. The first-order valence-electron chi connectivity index (χ1n) is 10.1. The molecule has 1 aromatic carbocycles. The highest BCUT2D eigenvalue weighted by molar-refractivity contribution is 6.33. The van der Waals surface area contributed by atoms with Crippen LogP contribution in [0.1, 0.15) is 19.4 Å². The van der Waals surface area contributed by atoms with E-state index < -0.39 is 0 Å². The molecule has 5 rings (SSSR count). The number of hydrogen-bond donors (Lipinski definition) is 2. The van der Waals surface area contributed by atoms with Crippen LogP contribution < -0.4 is 15.5 Å². The fourth-order valence-corrected chi connectivity index (χ4v) is 4.50. The van der Waals surface area contributed by atoms with Gasteiger partial charge in [0.05, 0.1) is 34.9 Å². The Hall–Kier alpha value is -2.90. The number of pyridine rings is 1. The van der Waals surface area contributed by atoms with Gasteiger partial charge in [0.1, 0.15) is 16.9 Å². The summed E-state index contributed by atoms with van der Waals surface area (Å²) < 4.78 is 2.05. The molecule has 1 aliphatic heterocycles. The van der Waals surface area contributed by atoms with Gasteiger partial charge >= 0.3 is 0 Å². The van der Waals surface area contributed by atoms with Crippen molar-refractivity contribution in [1.29, 1.82) is 0 Å². The maximum Gasteiger partial charge on any atom is 0.157 e. The van der Waals surface area contributed by atoms with E-state index in [9.17, 15) is 0 Å². The molecule has 0 spiro atoms. The van der Waals surface area contributed by atoms with Crippen molar-refractivity contribution >= 4 is 45.5 Å². The Morgan fingerprint density at radius 2 is 1.93 bits per heavy atom. The van der Waals surface area contributed by atoms with Crippen LogP contribution in [0.5, 0.6) is 0 Å². The van der Waals surface area contributed by atoms with Crippen LogP contribution in [-0.2, 0) is 0 Å². The summed E-state index contributed by atoms with van der Waals surface area (Å²) in [6, 6.07) is 8.77. The van der Waals surface area contributed by atoms with Crippen LogP contribution in [0.4, 0.5) is 17.3 Å². The molecule has 1 saturated heterocycles. The zero-order chi connectivity index (χ0) is 20.8. The minimum absolute atomic E-state index is 0.420. The summed E-state index contributed by atoms with van der Waals surface area (Å²) in [5.74, 6) is 1.66. The molecule has 30 heavy (non-hydrogen) atoms. The lowest BCUT2D eigenvalue weighted by atomic mass is 10.1. The maximum absolute atomic E-state index is 6.42. The van der Waals surface area contributed by atoms with Gasteiger partial charge in [-0.2, -0.15) is 0 Å². The van der Waals surface area contributed by atoms with Gasteiger partial charge in [-0.25, -0.2) is 15.0 Å². The van der Waals surface area contributed by atoms with Crippen molar-refractivity contribution in [2.45, 2.75) is 32.9 Å². The van der Waals surface area contributed by atoms with Crippen LogP contribution in [0, 0.1) is 6.92 Å². The van der Waals surface area contributed by atoms with Crippen molar-refractivity contribution in [2.24, 2.45) is 0 Å². The lowest BCUT2D eigenvalue weighted by Crippen LogP contribution is -2.54. The predicted molar refractivity (Wildman–Crippen MR) is 122 cm³/mol. The third-order valence-electron chi connectivity index (χ3n) is 5.57. The topological polar surface area (TPSA) is 70.4 Å². The molecule has 0 aliphatic carbocycles. The zero-order valence-electron chi connectivity index (χ0n) is 17.2. The Kier molecular flexibility index (Phi) is 4.72. The van der Waals surface area contributed by atoms with Gasteiger partial charge in [-0.05, 0) is 32.4 Å². The van der Waals surface area contributed by atoms with Crippen molar-refractivity contribution in [3.63, 3.8) is 0 Å². The lowest BCUT2D eigenvalue weighted by molar-refractivity contribution is 0.405. The number of aryl methyl sites for hydroxylation is 1. The first-order valence-corrected chi connectivity index (χ1v) is 10.5. The molecular weight excluding hydrogens is 398 g/mol. The van der Waals surface area contributed by atoms with Crippen LogP contribution in [0.25, 0.3) is 16.6 Å². The first-order chi connectivity index (χ1) is 14.5. The average molecular weight is 422 g/mol. The fourth-order valence-electron chi connectivity index (χ4n) is 4.23. The molecule has 1 aliphatic rings. The summed E-state index contributed by atoms with van der Waals surface area (Å²) in [4.78, 5) is 16.3. The number of imidazole rings is 1. The summed E-state index contributed by atoms with van der Waals surface area (Å²) in [6.45, 7) is 8.28. The number of nitrogens with zero attached hydrogens (tertiary/aromatic N) is 5. The van der Waals surface area contributed by atoms with Gasteiger partial charge in [0.25, 0.3) is 0 Å². The second-order valence-corrected chi connectivity index (χ2v) is 8.48. The van der Waals surface area contributed by atoms with E-state index in [1.165, 1.54) is 0 Å². The molecule has 2 N–H and O–H groups in total. The van der Waals surface area contributed by atoms with Gasteiger partial charge in [0.2, 0.25) is 0 Å². The van der Waals surface area contributed by atoms with Gasteiger partial charge < -0.3 is 15.5 Å². The predicted octanol–water partition coefficient (Wildman–Crippen LogP) is 4.17. The molecule has 8 heteroatoms. The second-order valence-electron chi connectivity index (χ2n) is 8.07. The number of halogens is 1. The summed E-state index contributed by atoms with van der Waals surface area (Å²) in [7, 11) is 0. The van der Waals surface area contributed by atoms with E-state index in [2.05, 4.69) is 44.8 Å². The fraction of sp³-hybridized carbons (Fsp3) is 0.318. The largest absolute Gasteiger partial charge is 0.353 e. The van der Waals surface area contributed by atoms with Crippen molar-refractivity contribution in [3.8, 4) is 0 Å². The molecule has 1 fully saturated rings. The van der Waals surface area contributed by atoms with Gasteiger partial charge in [-0.3, -0.25) is 4.40 Å². The molecule has 0 saturated carbocycles.